The summed E-state index contributed by atoms with van der Waals surface area (Å²) in [7, 11) is -3.70. The molecule has 3 aromatic rings. The lowest BCUT2D eigenvalue weighted by molar-refractivity contribution is -0.116. The molecular weight excluding hydrogens is 436 g/mol. The maximum Gasteiger partial charge on any atom is 0.247 e. The van der Waals surface area contributed by atoms with E-state index in [9.17, 15) is 13.2 Å². The van der Waals surface area contributed by atoms with Crippen LogP contribution in [0.4, 0.5) is 11.4 Å². The lowest BCUT2D eigenvalue weighted by Gasteiger charge is -2.28. The molecule has 0 aliphatic carbocycles. The van der Waals surface area contributed by atoms with Gasteiger partial charge in [-0.25, -0.2) is 8.42 Å². The van der Waals surface area contributed by atoms with Crippen LogP contribution in [0.1, 0.15) is 12.5 Å². The van der Waals surface area contributed by atoms with E-state index in [4.69, 9.17) is 16.3 Å². The highest BCUT2D eigenvalue weighted by Crippen LogP contribution is 2.24. The third kappa shape index (κ3) is 6.23. The van der Waals surface area contributed by atoms with E-state index in [0.717, 1.165) is 16.1 Å². The minimum atomic E-state index is -3.70. The molecular formula is C23H23ClN2O4S. The van der Waals surface area contributed by atoms with Crippen LogP contribution >= 0.6 is 11.6 Å². The molecule has 1 atom stereocenters. The number of rotatable bonds is 8. The van der Waals surface area contributed by atoms with Crippen LogP contribution in [0.15, 0.2) is 78.9 Å². The highest BCUT2D eigenvalue weighted by Gasteiger charge is 2.29. The van der Waals surface area contributed by atoms with Crippen LogP contribution < -0.4 is 14.4 Å². The Morgan fingerprint density at radius 3 is 2.19 bits per heavy atom. The van der Waals surface area contributed by atoms with E-state index in [2.05, 4.69) is 5.32 Å². The Morgan fingerprint density at radius 1 is 1.00 bits per heavy atom. The van der Waals surface area contributed by atoms with Gasteiger partial charge in [0, 0.05) is 10.7 Å². The normalized spacial score (nSPS) is 12.1. The lowest BCUT2D eigenvalue weighted by Crippen LogP contribution is -2.45. The van der Waals surface area contributed by atoms with Gasteiger partial charge in [0.2, 0.25) is 15.9 Å². The van der Waals surface area contributed by atoms with Gasteiger partial charge < -0.3 is 10.1 Å². The van der Waals surface area contributed by atoms with Crippen LogP contribution in [0, 0.1) is 0 Å². The Labute approximate surface area is 187 Å². The zero-order valence-corrected chi connectivity index (χ0v) is 18.7. The van der Waals surface area contributed by atoms with Gasteiger partial charge >= 0.3 is 0 Å². The third-order valence-electron chi connectivity index (χ3n) is 4.54. The standard InChI is InChI=1S/C23H23ClN2O4S/c1-17(26(31(2,28)29)21-12-8-19(24)9-13-21)23(27)25-20-10-14-22(15-11-20)30-16-18-6-4-3-5-7-18/h3-15,17H,16H2,1-2H3,(H,25,27)/t17-/m1/s1. The Hall–Kier alpha value is -3.03. The van der Waals surface area contributed by atoms with Crippen molar-refractivity contribution >= 4 is 38.9 Å². The molecule has 0 aliphatic heterocycles. The summed E-state index contributed by atoms with van der Waals surface area (Å²) in [5.41, 5.74) is 1.95. The van der Waals surface area contributed by atoms with Crippen molar-refractivity contribution in [2.24, 2.45) is 0 Å². The fourth-order valence-corrected chi connectivity index (χ4v) is 4.32. The molecule has 0 unspecified atom stereocenters. The van der Waals surface area contributed by atoms with E-state index in [1.807, 2.05) is 30.3 Å². The summed E-state index contributed by atoms with van der Waals surface area (Å²) in [5, 5.41) is 3.23. The molecule has 0 spiro atoms. The monoisotopic (exact) mass is 458 g/mol. The summed E-state index contributed by atoms with van der Waals surface area (Å²) in [6.45, 7) is 1.97. The van der Waals surface area contributed by atoms with E-state index >= 15 is 0 Å². The van der Waals surface area contributed by atoms with Gasteiger partial charge in [-0.3, -0.25) is 9.10 Å². The quantitative estimate of drug-likeness (QED) is 0.530. The zero-order valence-electron chi connectivity index (χ0n) is 17.2. The van der Waals surface area contributed by atoms with Gasteiger partial charge in [-0.2, -0.15) is 0 Å². The maximum absolute atomic E-state index is 12.8. The molecule has 31 heavy (non-hydrogen) atoms. The van der Waals surface area contributed by atoms with Crippen LogP contribution in [-0.2, 0) is 21.4 Å². The number of anilines is 2. The predicted molar refractivity (Wildman–Crippen MR) is 124 cm³/mol. The van der Waals surface area contributed by atoms with Gasteiger partial charge in [0.25, 0.3) is 0 Å². The van der Waals surface area contributed by atoms with Gasteiger partial charge in [-0.05, 0) is 61.0 Å². The second kappa shape index (κ2) is 9.85. The van der Waals surface area contributed by atoms with Crippen LogP contribution in [0.2, 0.25) is 5.02 Å². The predicted octanol–water partition coefficient (Wildman–Crippen LogP) is 4.71. The average Bonchev–Trinajstić information content (AvgIpc) is 2.74. The molecule has 0 fully saturated rings. The highest BCUT2D eigenvalue weighted by molar-refractivity contribution is 7.92. The van der Waals surface area contributed by atoms with Crippen LogP contribution in [0.25, 0.3) is 0 Å². The Bertz CT molecular complexity index is 1120. The Morgan fingerprint density at radius 2 is 1.61 bits per heavy atom. The fourth-order valence-electron chi connectivity index (χ4n) is 3.02. The zero-order chi connectivity index (χ0) is 22.4. The first-order chi connectivity index (χ1) is 14.7. The molecule has 0 aromatic heterocycles. The smallest absolute Gasteiger partial charge is 0.247 e. The van der Waals surface area contributed by atoms with Crippen molar-refractivity contribution in [2.75, 3.05) is 15.9 Å². The van der Waals surface area contributed by atoms with Crippen molar-refractivity contribution in [3.8, 4) is 5.75 Å². The van der Waals surface area contributed by atoms with Crippen LogP contribution in [0.3, 0.4) is 0 Å². The minimum absolute atomic E-state index is 0.360. The van der Waals surface area contributed by atoms with E-state index in [1.165, 1.54) is 6.92 Å². The fraction of sp³-hybridized carbons (Fsp3) is 0.174. The molecule has 6 nitrogen and oxygen atoms in total. The number of hydrogen-bond donors (Lipinski definition) is 1. The summed E-state index contributed by atoms with van der Waals surface area (Å²) in [4.78, 5) is 12.8. The number of benzene rings is 3. The van der Waals surface area contributed by atoms with E-state index in [0.29, 0.717) is 28.8 Å². The third-order valence-corrected chi connectivity index (χ3v) is 6.03. The highest BCUT2D eigenvalue weighted by atomic mass is 35.5. The first kappa shape index (κ1) is 22.7. The van der Waals surface area contributed by atoms with Crippen LogP contribution in [0.5, 0.6) is 5.75 Å². The first-order valence-electron chi connectivity index (χ1n) is 9.56. The number of carbonyl (C=O) groups is 1. The number of carbonyl (C=O) groups excluding carboxylic acids is 1. The van der Waals surface area contributed by atoms with Crippen molar-refractivity contribution in [3.63, 3.8) is 0 Å². The summed E-state index contributed by atoms with van der Waals surface area (Å²) in [5.74, 6) is 0.201. The molecule has 0 aliphatic rings. The average molecular weight is 459 g/mol. The largest absolute Gasteiger partial charge is 0.489 e. The molecule has 162 valence electrons. The van der Waals surface area contributed by atoms with Crippen molar-refractivity contribution in [3.05, 3.63) is 89.4 Å². The molecule has 0 bridgehead atoms. The van der Waals surface area contributed by atoms with Crippen molar-refractivity contribution in [2.45, 2.75) is 19.6 Å². The van der Waals surface area contributed by atoms with Crippen molar-refractivity contribution in [1.82, 2.24) is 0 Å². The molecule has 0 heterocycles. The summed E-state index contributed by atoms with van der Waals surface area (Å²) < 4.78 is 31.5. The van der Waals surface area contributed by atoms with Gasteiger partial charge in [0.1, 0.15) is 18.4 Å². The molecule has 8 heteroatoms. The van der Waals surface area contributed by atoms with Crippen molar-refractivity contribution < 1.29 is 17.9 Å². The number of nitrogens with one attached hydrogen (secondary N) is 1. The van der Waals surface area contributed by atoms with Gasteiger partial charge in [0.05, 0.1) is 11.9 Å². The van der Waals surface area contributed by atoms with Gasteiger partial charge in [-0.15, -0.1) is 0 Å². The van der Waals surface area contributed by atoms with E-state index in [1.54, 1.807) is 48.5 Å². The molecule has 1 amide bonds. The molecule has 0 radical (unpaired) electrons. The number of hydrogen-bond acceptors (Lipinski definition) is 4. The first-order valence-corrected chi connectivity index (χ1v) is 11.8. The molecule has 3 aromatic carbocycles. The summed E-state index contributed by atoms with van der Waals surface area (Å²) in [6, 6.07) is 22.0. The SMILES string of the molecule is C[C@H](C(=O)Nc1ccc(OCc2ccccc2)cc1)N(c1ccc(Cl)cc1)S(C)(=O)=O. The number of amides is 1. The van der Waals surface area contributed by atoms with Gasteiger partial charge in [-0.1, -0.05) is 41.9 Å². The minimum Gasteiger partial charge on any atom is -0.489 e. The molecule has 1 N–H and O–H groups in total. The summed E-state index contributed by atoms with van der Waals surface area (Å²) >= 11 is 5.89. The van der Waals surface area contributed by atoms with E-state index in [-0.39, 0.29) is 0 Å². The number of ether oxygens (including phenoxy) is 1. The van der Waals surface area contributed by atoms with Crippen molar-refractivity contribution in [1.29, 1.82) is 0 Å². The van der Waals surface area contributed by atoms with E-state index < -0.39 is 22.0 Å². The van der Waals surface area contributed by atoms with Crippen LogP contribution in [-0.4, -0.2) is 26.6 Å². The maximum atomic E-state index is 12.8. The second-order valence-corrected chi connectivity index (χ2v) is 9.29. The Kier molecular flexibility index (Phi) is 7.20. The summed E-state index contributed by atoms with van der Waals surface area (Å²) in [6.07, 6.45) is 1.06. The second-order valence-electron chi connectivity index (χ2n) is 7.00. The molecule has 0 saturated heterocycles. The molecule has 3 rings (SSSR count). The molecule has 0 saturated carbocycles. The lowest BCUT2D eigenvalue weighted by atomic mass is 10.2. The Balaban J connectivity index is 1.67. The van der Waals surface area contributed by atoms with Gasteiger partial charge in [0.15, 0.2) is 0 Å². The number of nitrogens with zero attached hydrogens (tertiary/aromatic N) is 1. The number of sulfonamides is 1. The number of halogens is 1. The topological polar surface area (TPSA) is 75.7 Å².